The molecule has 0 unspecified atom stereocenters. The van der Waals surface area contributed by atoms with Crippen LogP contribution in [0.1, 0.15) is 27.2 Å². The van der Waals surface area contributed by atoms with Crippen molar-refractivity contribution in [1.82, 2.24) is 20.2 Å². The normalized spacial score (nSPS) is 11.6. The first-order chi connectivity index (χ1) is 10.1. The van der Waals surface area contributed by atoms with E-state index in [4.69, 9.17) is 5.73 Å². The van der Waals surface area contributed by atoms with Crippen LogP contribution in [0.2, 0.25) is 0 Å². The Balaban J connectivity index is 2.32. The number of rotatable bonds is 7. The van der Waals surface area contributed by atoms with E-state index in [0.717, 1.165) is 31.1 Å². The Labute approximate surface area is 125 Å². The van der Waals surface area contributed by atoms with Crippen LogP contribution in [-0.4, -0.2) is 39.8 Å². The van der Waals surface area contributed by atoms with Crippen LogP contribution in [0.4, 0.5) is 5.95 Å². The number of nitrogens with two attached hydrogens (primary N) is 1. The maximum atomic E-state index is 5.87. The number of nitrogens with zero attached hydrogens (tertiary/aromatic N) is 5. The summed E-state index contributed by atoms with van der Waals surface area (Å²) in [7, 11) is 0. The van der Waals surface area contributed by atoms with Crippen molar-refractivity contribution in [2.75, 3.05) is 24.5 Å². The molecule has 0 saturated heterocycles. The zero-order chi connectivity index (χ0) is 15.3. The molecule has 0 radical (unpaired) electrons. The molecule has 0 aliphatic carbocycles. The summed E-state index contributed by atoms with van der Waals surface area (Å²) in [6.45, 7) is 8.82. The van der Waals surface area contributed by atoms with E-state index >= 15 is 0 Å². The van der Waals surface area contributed by atoms with Crippen molar-refractivity contribution in [3.05, 3.63) is 30.3 Å². The van der Waals surface area contributed by atoms with Gasteiger partial charge in [-0.1, -0.05) is 44.1 Å². The Morgan fingerprint density at radius 1 is 1.24 bits per heavy atom. The average molecular weight is 288 g/mol. The third-order valence-electron chi connectivity index (χ3n) is 3.40. The van der Waals surface area contributed by atoms with Crippen molar-refractivity contribution in [2.24, 2.45) is 11.1 Å². The molecule has 0 fully saturated rings. The predicted molar refractivity (Wildman–Crippen MR) is 84.5 cm³/mol. The van der Waals surface area contributed by atoms with Gasteiger partial charge >= 0.3 is 0 Å². The van der Waals surface area contributed by atoms with Crippen molar-refractivity contribution >= 4 is 5.95 Å². The lowest BCUT2D eigenvalue weighted by Crippen LogP contribution is -2.40. The molecule has 2 aromatic rings. The van der Waals surface area contributed by atoms with E-state index in [2.05, 4.69) is 41.2 Å². The fourth-order valence-electron chi connectivity index (χ4n) is 2.22. The van der Waals surface area contributed by atoms with Gasteiger partial charge in [0, 0.05) is 13.1 Å². The predicted octanol–water partition coefficient (Wildman–Crippen LogP) is 1.86. The molecule has 6 heteroatoms. The van der Waals surface area contributed by atoms with E-state index in [1.807, 2.05) is 30.3 Å². The summed E-state index contributed by atoms with van der Waals surface area (Å²) >= 11 is 0. The van der Waals surface area contributed by atoms with Gasteiger partial charge in [-0.3, -0.25) is 0 Å². The van der Waals surface area contributed by atoms with E-state index in [1.54, 1.807) is 4.68 Å². The minimum Gasteiger partial charge on any atom is -0.339 e. The zero-order valence-corrected chi connectivity index (χ0v) is 13.0. The zero-order valence-electron chi connectivity index (χ0n) is 13.0. The number of anilines is 1. The molecule has 0 amide bonds. The molecule has 0 spiro atoms. The molecule has 1 heterocycles. The summed E-state index contributed by atoms with van der Waals surface area (Å²) in [5.74, 6) is 0.768. The molecule has 114 valence electrons. The number of aromatic nitrogens is 4. The van der Waals surface area contributed by atoms with Crippen molar-refractivity contribution in [3.8, 4) is 5.69 Å². The van der Waals surface area contributed by atoms with Crippen LogP contribution in [0.3, 0.4) is 0 Å². The number of benzene rings is 1. The number of hydrogen-bond acceptors (Lipinski definition) is 5. The molecule has 1 aromatic carbocycles. The SMILES string of the molecule is CCCN(CC(C)(C)CN)c1nnnn1-c1ccccc1. The monoisotopic (exact) mass is 288 g/mol. The summed E-state index contributed by atoms with van der Waals surface area (Å²) in [6, 6.07) is 9.94. The van der Waals surface area contributed by atoms with Gasteiger partial charge in [0.25, 0.3) is 0 Å². The van der Waals surface area contributed by atoms with Crippen LogP contribution in [0.15, 0.2) is 30.3 Å². The fourth-order valence-corrected chi connectivity index (χ4v) is 2.22. The van der Waals surface area contributed by atoms with E-state index in [0.29, 0.717) is 6.54 Å². The highest BCUT2D eigenvalue weighted by atomic mass is 15.6. The lowest BCUT2D eigenvalue weighted by molar-refractivity contribution is 0.374. The molecule has 0 aliphatic heterocycles. The van der Waals surface area contributed by atoms with E-state index < -0.39 is 0 Å². The topological polar surface area (TPSA) is 72.9 Å². The van der Waals surface area contributed by atoms with Gasteiger partial charge in [-0.05, 0) is 40.9 Å². The van der Waals surface area contributed by atoms with Crippen LogP contribution >= 0.6 is 0 Å². The van der Waals surface area contributed by atoms with Crippen molar-refractivity contribution in [3.63, 3.8) is 0 Å². The Bertz CT molecular complexity index is 548. The van der Waals surface area contributed by atoms with Crippen LogP contribution in [-0.2, 0) is 0 Å². The number of hydrogen-bond donors (Lipinski definition) is 1. The van der Waals surface area contributed by atoms with Gasteiger partial charge in [-0.2, -0.15) is 4.68 Å². The first-order valence-electron chi connectivity index (χ1n) is 7.36. The molecular formula is C15H24N6. The summed E-state index contributed by atoms with van der Waals surface area (Å²) in [5, 5.41) is 12.2. The minimum absolute atomic E-state index is 0.0165. The average Bonchev–Trinajstić information content (AvgIpc) is 2.97. The van der Waals surface area contributed by atoms with E-state index in [1.165, 1.54) is 0 Å². The van der Waals surface area contributed by atoms with Crippen LogP contribution in [0.25, 0.3) is 5.69 Å². The summed E-state index contributed by atoms with van der Waals surface area (Å²) in [6.07, 6.45) is 1.03. The molecule has 2 N–H and O–H groups in total. The molecule has 0 aliphatic rings. The van der Waals surface area contributed by atoms with Gasteiger partial charge in [-0.25, -0.2) is 0 Å². The highest BCUT2D eigenvalue weighted by Crippen LogP contribution is 2.21. The smallest absolute Gasteiger partial charge is 0.250 e. The molecule has 1 aromatic heterocycles. The van der Waals surface area contributed by atoms with E-state index in [-0.39, 0.29) is 5.41 Å². The van der Waals surface area contributed by atoms with Crippen molar-refractivity contribution < 1.29 is 0 Å². The second kappa shape index (κ2) is 6.67. The minimum atomic E-state index is 0.0165. The van der Waals surface area contributed by atoms with Crippen molar-refractivity contribution in [2.45, 2.75) is 27.2 Å². The van der Waals surface area contributed by atoms with Gasteiger partial charge in [0.1, 0.15) is 0 Å². The summed E-state index contributed by atoms with van der Waals surface area (Å²) in [5.41, 5.74) is 6.85. The molecule has 6 nitrogen and oxygen atoms in total. The lowest BCUT2D eigenvalue weighted by Gasteiger charge is -2.31. The second-order valence-corrected chi connectivity index (χ2v) is 6.02. The quantitative estimate of drug-likeness (QED) is 0.842. The third-order valence-corrected chi connectivity index (χ3v) is 3.40. The fraction of sp³-hybridized carbons (Fsp3) is 0.533. The van der Waals surface area contributed by atoms with Crippen LogP contribution in [0.5, 0.6) is 0 Å². The Hall–Kier alpha value is -1.95. The van der Waals surface area contributed by atoms with Crippen molar-refractivity contribution in [1.29, 1.82) is 0 Å². The lowest BCUT2D eigenvalue weighted by atomic mass is 9.93. The number of tetrazole rings is 1. The molecular weight excluding hydrogens is 264 g/mol. The first-order valence-corrected chi connectivity index (χ1v) is 7.36. The Morgan fingerprint density at radius 3 is 2.57 bits per heavy atom. The highest BCUT2D eigenvalue weighted by molar-refractivity contribution is 5.40. The van der Waals surface area contributed by atoms with Gasteiger partial charge in [0.05, 0.1) is 5.69 Å². The summed E-state index contributed by atoms with van der Waals surface area (Å²) < 4.78 is 1.78. The molecule has 0 atom stereocenters. The first kappa shape index (κ1) is 15.4. The molecule has 21 heavy (non-hydrogen) atoms. The maximum Gasteiger partial charge on any atom is 0.250 e. The summed E-state index contributed by atoms with van der Waals surface area (Å²) in [4.78, 5) is 2.21. The van der Waals surface area contributed by atoms with Gasteiger partial charge in [-0.15, -0.1) is 0 Å². The van der Waals surface area contributed by atoms with Gasteiger partial charge < -0.3 is 10.6 Å². The second-order valence-electron chi connectivity index (χ2n) is 6.02. The Kier molecular flexibility index (Phi) is 4.90. The Morgan fingerprint density at radius 2 is 1.95 bits per heavy atom. The molecule has 0 saturated carbocycles. The van der Waals surface area contributed by atoms with Gasteiger partial charge in [0.2, 0.25) is 5.95 Å². The standard InChI is InChI=1S/C15H24N6/c1-4-10-20(12-15(2,3)11-16)14-17-18-19-21(14)13-8-6-5-7-9-13/h5-9H,4,10-12,16H2,1-3H3. The third kappa shape index (κ3) is 3.78. The molecule has 2 rings (SSSR count). The van der Waals surface area contributed by atoms with E-state index in [9.17, 15) is 0 Å². The largest absolute Gasteiger partial charge is 0.339 e. The maximum absolute atomic E-state index is 5.87. The molecule has 0 bridgehead atoms. The number of para-hydroxylation sites is 1. The van der Waals surface area contributed by atoms with Crippen LogP contribution < -0.4 is 10.6 Å². The van der Waals surface area contributed by atoms with Crippen LogP contribution in [0, 0.1) is 5.41 Å². The van der Waals surface area contributed by atoms with Gasteiger partial charge in [0.15, 0.2) is 0 Å². The highest BCUT2D eigenvalue weighted by Gasteiger charge is 2.24.